The van der Waals surface area contributed by atoms with Crippen molar-refractivity contribution in [1.29, 1.82) is 0 Å². The fourth-order valence-corrected chi connectivity index (χ4v) is 2.94. The van der Waals surface area contributed by atoms with Crippen LogP contribution in [0.4, 0.5) is 0 Å². The van der Waals surface area contributed by atoms with E-state index in [0.717, 1.165) is 30.9 Å². The van der Waals surface area contributed by atoms with Crippen LogP contribution in [0.3, 0.4) is 0 Å². The highest BCUT2D eigenvalue weighted by atomic mass is 32.2. The molecular formula is C15H24N2O5S. The lowest BCUT2D eigenvalue weighted by atomic mass is 10.1. The number of carbonyl (C=O) groups excluding carboxylic acids is 1. The van der Waals surface area contributed by atoms with Gasteiger partial charge in [0.15, 0.2) is 9.84 Å². The van der Waals surface area contributed by atoms with E-state index < -0.39 is 21.0 Å². The minimum Gasteiger partial charge on any atom is -0.465 e. The van der Waals surface area contributed by atoms with Crippen LogP contribution in [0.25, 0.3) is 0 Å². The number of hydrogen-bond donors (Lipinski definition) is 1. The number of carbonyl (C=O) groups is 1. The Kier molecular flexibility index (Phi) is 5.83. The quantitative estimate of drug-likeness (QED) is 0.809. The number of amides is 1. The van der Waals surface area contributed by atoms with Gasteiger partial charge in [-0.05, 0) is 26.0 Å². The lowest BCUT2D eigenvalue weighted by Gasteiger charge is -2.33. The summed E-state index contributed by atoms with van der Waals surface area (Å²) in [6.45, 7) is 6.29. The minimum atomic E-state index is -3.40. The molecule has 0 aliphatic carbocycles. The molecule has 130 valence electrons. The number of ether oxygens (including phenoxy) is 1. The number of aryl methyl sites for hydroxylation is 1. The fourth-order valence-electron chi connectivity index (χ4n) is 2.47. The van der Waals surface area contributed by atoms with Crippen molar-refractivity contribution in [3.8, 4) is 0 Å². The van der Waals surface area contributed by atoms with Gasteiger partial charge in [0.2, 0.25) is 5.91 Å². The molecule has 1 fully saturated rings. The predicted molar refractivity (Wildman–Crippen MR) is 85.9 cm³/mol. The third-order valence-corrected chi connectivity index (χ3v) is 5.56. The second kappa shape index (κ2) is 7.46. The van der Waals surface area contributed by atoms with Crippen LogP contribution < -0.4 is 5.32 Å². The van der Waals surface area contributed by atoms with Crippen LogP contribution in [0, 0.1) is 6.92 Å². The maximum absolute atomic E-state index is 12.0. The van der Waals surface area contributed by atoms with Crippen LogP contribution >= 0.6 is 0 Å². The molecular weight excluding hydrogens is 320 g/mol. The third-order valence-electron chi connectivity index (χ3n) is 4.06. The van der Waals surface area contributed by atoms with E-state index in [1.807, 2.05) is 19.1 Å². The lowest BCUT2D eigenvalue weighted by molar-refractivity contribution is -0.120. The van der Waals surface area contributed by atoms with Gasteiger partial charge in [0, 0.05) is 25.9 Å². The van der Waals surface area contributed by atoms with Crippen molar-refractivity contribution in [1.82, 2.24) is 10.2 Å². The van der Waals surface area contributed by atoms with Crippen molar-refractivity contribution in [2.24, 2.45) is 0 Å². The molecule has 0 spiro atoms. The molecule has 7 nitrogen and oxygen atoms in total. The van der Waals surface area contributed by atoms with Gasteiger partial charge >= 0.3 is 0 Å². The SMILES string of the molecule is Cc1ccc([C@H](CNC(=O)[C@@H](C)S(C)(=O)=O)N2CCOCC2)o1. The first-order valence-electron chi connectivity index (χ1n) is 7.63. The summed E-state index contributed by atoms with van der Waals surface area (Å²) >= 11 is 0. The number of morpholine rings is 1. The minimum absolute atomic E-state index is 0.136. The maximum atomic E-state index is 12.0. The van der Waals surface area contributed by atoms with Gasteiger partial charge in [-0.1, -0.05) is 0 Å². The molecule has 2 rings (SSSR count). The normalized spacial score (nSPS) is 19.3. The van der Waals surface area contributed by atoms with E-state index in [-0.39, 0.29) is 6.04 Å². The molecule has 1 aliphatic heterocycles. The largest absolute Gasteiger partial charge is 0.465 e. The van der Waals surface area contributed by atoms with Crippen molar-refractivity contribution < 1.29 is 22.4 Å². The van der Waals surface area contributed by atoms with Crippen LogP contribution in [0.2, 0.25) is 0 Å². The highest BCUT2D eigenvalue weighted by Crippen LogP contribution is 2.23. The number of sulfone groups is 1. The van der Waals surface area contributed by atoms with E-state index in [0.29, 0.717) is 19.8 Å². The van der Waals surface area contributed by atoms with Crippen molar-refractivity contribution in [2.45, 2.75) is 25.1 Å². The Hall–Kier alpha value is -1.38. The smallest absolute Gasteiger partial charge is 0.238 e. The van der Waals surface area contributed by atoms with Crippen LogP contribution in [0.5, 0.6) is 0 Å². The molecule has 8 heteroatoms. The summed E-state index contributed by atoms with van der Waals surface area (Å²) in [5, 5.41) is 1.67. The first-order valence-corrected chi connectivity index (χ1v) is 9.59. The van der Waals surface area contributed by atoms with E-state index in [1.54, 1.807) is 0 Å². The van der Waals surface area contributed by atoms with Crippen LogP contribution in [-0.2, 0) is 19.4 Å². The second-order valence-corrected chi connectivity index (χ2v) is 8.20. The first-order chi connectivity index (χ1) is 10.8. The monoisotopic (exact) mass is 344 g/mol. The Morgan fingerprint density at radius 1 is 1.35 bits per heavy atom. The zero-order chi connectivity index (χ0) is 17.0. The van der Waals surface area contributed by atoms with Gasteiger partial charge in [0.05, 0.1) is 19.3 Å². The Bertz CT molecular complexity index is 634. The highest BCUT2D eigenvalue weighted by Gasteiger charge is 2.28. The molecule has 0 unspecified atom stereocenters. The molecule has 2 heterocycles. The van der Waals surface area contributed by atoms with Crippen molar-refractivity contribution in [3.63, 3.8) is 0 Å². The third kappa shape index (κ3) is 4.79. The summed E-state index contributed by atoms with van der Waals surface area (Å²) in [6.07, 6.45) is 1.06. The van der Waals surface area contributed by atoms with Crippen molar-refractivity contribution in [3.05, 3.63) is 23.7 Å². The highest BCUT2D eigenvalue weighted by molar-refractivity contribution is 7.92. The molecule has 1 aromatic heterocycles. The molecule has 0 saturated carbocycles. The summed E-state index contributed by atoms with van der Waals surface area (Å²) in [7, 11) is -3.40. The molecule has 0 aromatic carbocycles. The standard InChI is InChI=1S/C15H24N2O5S/c1-11-4-5-14(22-11)13(17-6-8-21-9-7-17)10-16-15(18)12(2)23(3,19)20/h4-5,12-13H,6-10H2,1-3H3,(H,16,18)/t12-,13+/m1/s1. The Morgan fingerprint density at radius 3 is 2.52 bits per heavy atom. The summed E-state index contributed by atoms with van der Waals surface area (Å²) in [4.78, 5) is 14.2. The van der Waals surface area contributed by atoms with Gasteiger partial charge < -0.3 is 14.5 Å². The summed E-state index contributed by atoms with van der Waals surface area (Å²) < 4.78 is 34.0. The average molecular weight is 344 g/mol. The number of nitrogens with zero attached hydrogens (tertiary/aromatic N) is 1. The summed E-state index contributed by atoms with van der Waals surface area (Å²) in [5.41, 5.74) is 0. The number of hydrogen-bond acceptors (Lipinski definition) is 6. The second-order valence-electron chi connectivity index (χ2n) is 5.83. The molecule has 1 saturated heterocycles. The number of rotatable bonds is 6. The predicted octanol–water partition coefficient (Wildman–Crippen LogP) is 0.511. The van der Waals surface area contributed by atoms with Crippen molar-refractivity contribution in [2.75, 3.05) is 39.1 Å². The molecule has 1 aliphatic rings. The number of nitrogens with one attached hydrogen (secondary N) is 1. The molecule has 1 N–H and O–H groups in total. The van der Waals surface area contributed by atoms with E-state index >= 15 is 0 Å². The molecule has 2 atom stereocenters. The first kappa shape index (κ1) is 18.0. The Balaban J connectivity index is 2.07. The summed E-state index contributed by atoms with van der Waals surface area (Å²) in [5.74, 6) is 1.07. The summed E-state index contributed by atoms with van der Waals surface area (Å²) in [6, 6.07) is 3.63. The zero-order valence-electron chi connectivity index (χ0n) is 13.7. The topological polar surface area (TPSA) is 88.9 Å². The number of furan rings is 1. The van der Waals surface area contributed by atoms with E-state index in [4.69, 9.17) is 9.15 Å². The van der Waals surface area contributed by atoms with Gasteiger partial charge in [-0.25, -0.2) is 8.42 Å². The molecule has 0 bridgehead atoms. The molecule has 0 radical (unpaired) electrons. The van der Waals surface area contributed by atoms with Gasteiger partial charge in [-0.2, -0.15) is 0 Å². The van der Waals surface area contributed by atoms with Crippen LogP contribution in [0.1, 0.15) is 24.5 Å². The average Bonchev–Trinajstić information content (AvgIpc) is 2.93. The van der Waals surface area contributed by atoms with Crippen LogP contribution in [-0.4, -0.2) is 63.6 Å². The van der Waals surface area contributed by atoms with E-state index in [9.17, 15) is 13.2 Å². The van der Waals surface area contributed by atoms with Crippen LogP contribution in [0.15, 0.2) is 16.5 Å². The van der Waals surface area contributed by atoms with Gasteiger partial charge in [0.25, 0.3) is 0 Å². The zero-order valence-corrected chi connectivity index (χ0v) is 14.6. The van der Waals surface area contributed by atoms with Gasteiger partial charge in [-0.3, -0.25) is 9.69 Å². The van der Waals surface area contributed by atoms with Crippen molar-refractivity contribution >= 4 is 15.7 Å². The lowest BCUT2D eigenvalue weighted by Crippen LogP contribution is -2.46. The van der Waals surface area contributed by atoms with Gasteiger partial charge in [-0.15, -0.1) is 0 Å². The molecule has 1 amide bonds. The Labute approximate surface area is 136 Å². The van der Waals surface area contributed by atoms with Gasteiger partial charge in [0.1, 0.15) is 16.8 Å². The van der Waals surface area contributed by atoms with E-state index in [1.165, 1.54) is 6.92 Å². The molecule has 1 aromatic rings. The Morgan fingerprint density at radius 2 is 2.00 bits per heavy atom. The fraction of sp³-hybridized carbons (Fsp3) is 0.667. The molecule has 23 heavy (non-hydrogen) atoms. The maximum Gasteiger partial charge on any atom is 0.238 e. The van der Waals surface area contributed by atoms with E-state index in [2.05, 4.69) is 10.2 Å².